The van der Waals surface area contributed by atoms with Gasteiger partial charge >= 0.3 is 12.0 Å². The SMILES string of the molecule is CCC1(CNC(=O)NC2COCC2C(=O)O)CCC1. The minimum absolute atomic E-state index is 0.166. The molecule has 1 saturated heterocycles. The molecule has 2 atom stereocenters. The van der Waals surface area contributed by atoms with Gasteiger partial charge < -0.3 is 20.5 Å². The summed E-state index contributed by atoms with van der Waals surface area (Å²) in [6.07, 6.45) is 4.62. The minimum Gasteiger partial charge on any atom is -0.481 e. The molecule has 2 unspecified atom stereocenters. The number of aliphatic carboxylic acids is 1. The van der Waals surface area contributed by atoms with Crippen LogP contribution in [0, 0.1) is 11.3 Å². The quantitative estimate of drug-likeness (QED) is 0.694. The molecule has 2 aliphatic rings. The lowest BCUT2D eigenvalue weighted by Crippen LogP contribution is -2.50. The predicted octanol–water partition coefficient (Wildman–Crippen LogP) is 0.965. The van der Waals surface area contributed by atoms with Crippen LogP contribution in [0.1, 0.15) is 32.6 Å². The van der Waals surface area contributed by atoms with Crippen molar-refractivity contribution < 1.29 is 19.4 Å². The molecule has 0 radical (unpaired) electrons. The Morgan fingerprint density at radius 1 is 1.37 bits per heavy atom. The normalized spacial score (nSPS) is 28.5. The topological polar surface area (TPSA) is 87.7 Å². The van der Waals surface area contributed by atoms with Gasteiger partial charge in [0.1, 0.15) is 5.92 Å². The van der Waals surface area contributed by atoms with Crippen LogP contribution in [0.3, 0.4) is 0 Å². The van der Waals surface area contributed by atoms with Crippen molar-refractivity contribution in [1.82, 2.24) is 10.6 Å². The number of ether oxygens (including phenoxy) is 1. The second kappa shape index (κ2) is 5.77. The second-order valence-electron chi connectivity index (χ2n) is 5.62. The minimum atomic E-state index is -0.924. The molecule has 108 valence electrons. The Balaban J connectivity index is 1.76. The Bertz CT molecular complexity index is 349. The summed E-state index contributed by atoms with van der Waals surface area (Å²) in [5.41, 5.74) is 0.260. The molecule has 0 spiro atoms. The van der Waals surface area contributed by atoms with E-state index in [4.69, 9.17) is 9.84 Å². The number of nitrogens with one attached hydrogen (secondary N) is 2. The fourth-order valence-corrected chi connectivity index (χ4v) is 2.76. The smallest absolute Gasteiger partial charge is 0.315 e. The van der Waals surface area contributed by atoms with Crippen LogP contribution < -0.4 is 10.6 Å². The maximum atomic E-state index is 11.8. The lowest BCUT2D eigenvalue weighted by molar-refractivity contribution is -0.142. The van der Waals surface area contributed by atoms with Crippen molar-refractivity contribution in [3.8, 4) is 0 Å². The third-order valence-corrected chi connectivity index (χ3v) is 4.50. The summed E-state index contributed by atoms with van der Waals surface area (Å²) < 4.78 is 5.11. The molecule has 3 N–H and O–H groups in total. The Morgan fingerprint density at radius 2 is 2.11 bits per heavy atom. The van der Waals surface area contributed by atoms with E-state index in [0.29, 0.717) is 6.54 Å². The summed E-state index contributed by atoms with van der Waals surface area (Å²) in [5.74, 6) is -1.57. The van der Waals surface area contributed by atoms with Crippen LogP contribution in [0.25, 0.3) is 0 Å². The maximum Gasteiger partial charge on any atom is 0.315 e. The lowest BCUT2D eigenvalue weighted by Gasteiger charge is -2.41. The van der Waals surface area contributed by atoms with Crippen LogP contribution in [0.2, 0.25) is 0 Å². The molecule has 1 aliphatic carbocycles. The molecular formula is C13H22N2O4. The van der Waals surface area contributed by atoms with Crippen molar-refractivity contribution in [3.05, 3.63) is 0 Å². The van der Waals surface area contributed by atoms with Gasteiger partial charge in [-0.25, -0.2) is 4.79 Å². The summed E-state index contributed by atoms with van der Waals surface area (Å²) in [6.45, 7) is 3.24. The monoisotopic (exact) mass is 270 g/mol. The molecule has 1 aliphatic heterocycles. The van der Waals surface area contributed by atoms with Gasteiger partial charge in [0, 0.05) is 6.54 Å². The van der Waals surface area contributed by atoms with Crippen molar-refractivity contribution in [2.75, 3.05) is 19.8 Å². The number of carbonyl (C=O) groups is 2. The Labute approximate surface area is 112 Å². The fraction of sp³-hybridized carbons (Fsp3) is 0.846. The van der Waals surface area contributed by atoms with Gasteiger partial charge in [-0.1, -0.05) is 13.3 Å². The number of hydrogen-bond acceptors (Lipinski definition) is 3. The van der Waals surface area contributed by atoms with Crippen LogP contribution in [-0.2, 0) is 9.53 Å². The van der Waals surface area contributed by atoms with E-state index >= 15 is 0 Å². The zero-order chi connectivity index (χ0) is 13.9. The van der Waals surface area contributed by atoms with Crippen molar-refractivity contribution in [1.29, 1.82) is 0 Å². The third kappa shape index (κ3) is 3.18. The van der Waals surface area contributed by atoms with Crippen molar-refractivity contribution >= 4 is 12.0 Å². The van der Waals surface area contributed by atoms with Crippen LogP contribution in [0.5, 0.6) is 0 Å². The fourth-order valence-electron chi connectivity index (χ4n) is 2.76. The standard InChI is InChI=1S/C13H22N2O4/c1-2-13(4-3-5-13)8-14-12(18)15-10-7-19-6-9(10)11(16)17/h9-10H,2-8H2,1H3,(H,16,17)(H2,14,15,18). The number of rotatable bonds is 5. The summed E-state index contributed by atoms with van der Waals surface area (Å²) in [4.78, 5) is 22.8. The van der Waals surface area contributed by atoms with E-state index in [1.54, 1.807) is 0 Å². The van der Waals surface area contributed by atoms with E-state index in [1.165, 1.54) is 6.42 Å². The zero-order valence-electron chi connectivity index (χ0n) is 11.3. The first-order valence-electron chi connectivity index (χ1n) is 6.91. The van der Waals surface area contributed by atoms with Crippen LogP contribution in [0.15, 0.2) is 0 Å². The molecule has 6 heteroatoms. The number of urea groups is 1. The molecule has 0 aromatic heterocycles. The Hall–Kier alpha value is -1.30. The number of carboxylic acid groups (broad SMARTS) is 1. The van der Waals surface area contributed by atoms with Crippen LogP contribution in [-0.4, -0.2) is 42.9 Å². The molecular weight excluding hydrogens is 248 g/mol. The first kappa shape index (κ1) is 14.1. The van der Waals surface area contributed by atoms with Gasteiger partial charge in [-0.3, -0.25) is 4.79 Å². The molecule has 2 rings (SSSR count). The molecule has 2 amide bonds. The van der Waals surface area contributed by atoms with Gasteiger partial charge in [-0.2, -0.15) is 0 Å². The molecule has 19 heavy (non-hydrogen) atoms. The van der Waals surface area contributed by atoms with Gasteiger partial charge in [0.05, 0.1) is 19.3 Å². The third-order valence-electron chi connectivity index (χ3n) is 4.50. The zero-order valence-corrected chi connectivity index (χ0v) is 11.3. The number of carbonyl (C=O) groups excluding carboxylic acids is 1. The van der Waals surface area contributed by atoms with Crippen LogP contribution in [0.4, 0.5) is 4.79 Å². The Morgan fingerprint density at radius 3 is 2.63 bits per heavy atom. The van der Waals surface area contributed by atoms with Gasteiger partial charge in [-0.05, 0) is 24.7 Å². The molecule has 1 heterocycles. The van der Waals surface area contributed by atoms with E-state index in [1.807, 2.05) is 0 Å². The highest BCUT2D eigenvalue weighted by molar-refractivity contribution is 5.77. The van der Waals surface area contributed by atoms with Gasteiger partial charge in [0.15, 0.2) is 0 Å². The highest BCUT2D eigenvalue weighted by Gasteiger charge is 2.37. The Kier molecular flexibility index (Phi) is 4.29. The highest BCUT2D eigenvalue weighted by Crippen LogP contribution is 2.42. The van der Waals surface area contributed by atoms with Crippen molar-refractivity contribution in [2.24, 2.45) is 11.3 Å². The average molecular weight is 270 g/mol. The van der Waals surface area contributed by atoms with Gasteiger partial charge in [0.2, 0.25) is 0 Å². The predicted molar refractivity (Wildman–Crippen MR) is 68.8 cm³/mol. The maximum absolute atomic E-state index is 11.8. The average Bonchev–Trinajstić information content (AvgIpc) is 2.76. The number of hydrogen-bond donors (Lipinski definition) is 3. The summed E-state index contributed by atoms with van der Waals surface area (Å²) in [7, 11) is 0. The molecule has 0 bridgehead atoms. The summed E-state index contributed by atoms with van der Waals surface area (Å²) >= 11 is 0. The molecule has 0 aromatic carbocycles. The van der Waals surface area contributed by atoms with Crippen LogP contribution >= 0.6 is 0 Å². The molecule has 0 aromatic rings. The van der Waals surface area contributed by atoms with E-state index < -0.39 is 17.9 Å². The largest absolute Gasteiger partial charge is 0.481 e. The number of amides is 2. The van der Waals surface area contributed by atoms with E-state index in [-0.39, 0.29) is 24.7 Å². The van der Waals surface area contributed by atoms with E-state index in [2.05, 4.69) is 17.6 Å². The molecule has 2 fully saturated rings. The summed E-state index contributed by atoms with van der Waals surface area (Å²) in [6, 6.07) is -0.724. The highest BCUT2D eigenvalue weighted by atomic mass is 16.5. The molecule has 1 saturated carbocycles. The second-order valence-corrected chi connectivity index (χ2v) is 5.62. The van der Waals surface area contributed by atoms with Gasteiger partial charge in [0.25, 0.3) is 0 Å². The lowest BCUT2D eigenvalue weighted by atomic mass is 9.67. The summed E-state index contributed by atoms with van der Waals surface area (Å²) in [5, 5.41) is 14.6. The van der Waals surface area contributed by atoms with Gasteiger partial charge in [-0.15, -0.1) is 0 Å². The van der Waals surface area contributed by atoms with E-state index in [9.17, 15) is 9.59 Å². The first-order chi connectivity index (χ1) is 9.06. The molecule has 6 nitrogen and oxygen atoms in total. The first-order valence-corrected chi connectivity index (χ1v) is 6.91. The van der Waals surface area contributed by atoms with E-state index in [0.717, 1.165) is 19.3 Å². The number of carboxylic acids is 1. The van der Waals surface area contributed by atoms with Crippen molar-refractivity contribution in [2.45, 2.75) is 38.6 Å². The van der Waals surface area contributed by atoms with Crippen molar-refractivity contribution in [3.63, 3.8) is 0 Å².